The number of nitrogens with zero attached hydrogens (tertiary/aromatic N) is 2. The lowest BCUT2D eigenvalue weighted by molar-refractivity contribution is -0.138. The molecule has 0 spiro atoms. The summed E-state index contributed by atoms with van der Waals surface area (Å²) in [6, 6.07) is 19.6. The molecule has 3 aliphatic heterocycles. The van der Waals surface area contributed by atoms with Gasteiger partial charge in [0.05, 0.1) is 52.8 Å². The molecule has 3 heterocycles. The highest BCUT2D eigenvalue weighted by Gasteiger charge is 2.51. The van der Waals surface area contributed by atoms with Crippen molar-refractivity contribution in [3.8, 4) is 5.75 Å². The van der Waals surface area contributed by atoms with E-state index in [-0.39, 0.29) is 27.4 Å². The van der Waals surface area contributed by atoms with Gasteiger partial charge in [-0.3, -0.25) is 24.2 Å². The van der Waals surface area contributed by atoms with Crippen molar-refractivity contribution in [2.24, 2.45) is 0 Å². The van der Waals surface area contributed by atoms with Crippen LogP contribution in [0, 0.1) is 0 Å². The molecule has 0 bridgehead atoms. The number of anilines is 1. The summed E-state index contributed by atoms with van der Waals surface area (Å²) >= 11 is 8.22. The van der Waals surface area contributed by atoms with Gasteiger partial charge >= 0.3 is 11.9 Å². The lowest BCUT2D eigenvalue weighted by Gasteiger charge is -2.47. The molecular formula is C36H30N2O8S3. The lowest BCUT2D eigenvalue weighted by Crippen LogP contribution is -2.62. The van der Waals surface area contributed by atoms with Gasteiger partial charge in [-0.1, -0.05) is 78.2 Å². The van der Waals surface area contributed by atoms with Crippen molar-refractivity contribution in [1.29, 1.82) is 0 Å². The van der Waals surface area contributed by atoms with Crippen LogP contribution in [0.15, 0.2) is 86.8 Å². The Morgan fingerprint density at radius 1 is 0.796 bits per heavy atom. The SMILES string of the molecule is COC(=O)C1=C(C(=O)OC)SC(=C2C(=S)C(C)(C)N(C(=O)[C@@H](Cc3ccccc3)N3C(=O)c4ccccc4C3=O)c3ccc(OC)cc32)S1. The number of fused-ring (bicyclic) bond motifs is 2. The second-order valence-electron chi connectivity index (χ2n) is 11.7. The summed E-state index contributed by atoms with van der Waals surface area (Å²) in [6.07, 6.45) is 0.0600. The third-order valence-electron chi connectivity index (χ3n) is 8.51. The zero-order valence-corrected chi connectivity index (χ0v) is 29.5. The summed E-state index contributed by atoms with van der Waals surface area (Å²) < 4.78 is 16.0. The molecule has 10 nitrogen and oxygen atoms in total. The van der Waals surface area contributed by atoms with E-state index in [1.807, 2.05) is 30.3 Å². The highest BCUT2D eigenvalue weighted by molar-refractivity contribution is 8.29. The van der Waals surface area contributed by atoms with Crippen molar-refractivity contribution < 1.29 is 38.2 Å². The third kappa shape index (κ3) is 5.75. The number of esters is 2. The zero-order valence-electron chi connectivity index (χ0n) is 27.1. The standard InChI is InChI=1S/C36H30N2O8S3/c1-36(2)29(47)26(35-48-27(33(42)45-4)28(49-35)34(43)46-5)23-18-20(44-3)15-16-24(23)38(36)32(41)25(17-19-11-7-6-8-12-19)37-30(39)21-13-9-10-14-22(21)31(37)40/h6-16,18,25H,17H2,1-5H3/t25-/m1/s1. The van der Waals surface area contributed by atoms with Crippen LogP contribution in [-0.2, 0) is 30.3 Å². The quantitative estimate of drug-likeness (QED) is 0.128. The lowest BCUT2D eigenvalue weighted by atomic mass is 9.82. The fourth-order valence-electron chi connectivity index (χ4n) is 6.09. The number of rotatable bonds is 7. The fraction of sp³-hybridized carbons (Fsp3) is 0.222. The van der Waals surface area contributed by atoms with E-state index in [0.29, 0.717) is 31.7 Å². The molecule has 250 valence electrons. The van der Waals surface area contributed by atoms with Gasteiger partial charge in [0.2, 0.25) is 0 Å². The van der Waals surface area contributed by atoms with Crippen molar-refractivity contribution in [2.75, 3.05) is 26.2 Å². The maximum absolute atomic E-state index is 15.1. The van der Waals surface area contributed by atoms with E-state index in [9.17, 15) is 19.2 Å². The Balaban J connectivity index is 1.51. The van der Waals surface area contributed by atoms with Crippen LogP contribution in [-0.4, -0.2) is 72.3 Å². The van der Waals surface area contributed by atoms with E-state index < -0.39 is 41.2 Å². The molecule has 49 heavy (non-hydrogen) atoms. The average molecular weight is 715 g/mol. The number of benzene rings is 3. The zero-order chi connectivity index (χ0) is 35.2. The summed E-state index contributed by atoms with van der Waals surface area (Å²) in [4.78, 5) is 71.3. The van der Waals surface area contributed by atoms with Gasteiger partial charge in [-0.2, -0.15) is 0 Å². The van der Waals surface area contributed by atoms with Crippen molar-refractivity contribution >= 4 is 81.5 Å². The highest BCUT2D eigenvalue weighted by atomic mass is 32.2. The number of hydrogen-bond acceptors (Lipinski definition) is 11. The molecule has 3 amide bonds. The number of carbonyl (C=O) groups excluding carboxylic acids is 5. The number of thioether (sulfide) groups is 2. The van der Waals surface area contributed by atoms with Gasteiger partial charge in [0, 0.05) is 17.6 Å². The molecule has 13 heteroatoms. The van der Waals surface area contributed by atoms with Gasteiger partial charge in [-0.25, -0.2) is 9.59 Å². The predicted molar refractivity (Wildman–Crippen MR) is 191 cm³/mol. The Hall–Kier alpha value is -4.72. The summed E-state index contributed by atoms with van der Waals surface area (Å²) in [5.74, 6) is -2.57. The summed E-state index contributed by atoms with van der Waals surface area (Å²) in [5, 5.41) is 0. The maximum Gasteiger partial charge on any atom is 0.346 e. The smallest absolute Gasteiger partial charge is 0.346 e. The maximum atomic E-state index is 15.1. The number of ether oxygens (including phenoxy) is 3. The second kappa shape index (κ2) is 13.3. The molecule has 0 N–H and O–H groups in total. The average Bonchev–Trinajstić information content (AvgIpc) is 3.66. The Morgan fingerprint density at radius 3 is 1.88 bits per heavy atom. The van der Waals surface area contributed by atoms with Crippen molar-refractivity contribution in [2.45, 2.75) is 31.8 Å². The molecule has 3 aliphatic rings. The van der Waals surface area contributed by atoms with Gasteiger partial charge < -0.3 is 14.2 Å². The van der Waals surface area contributed by atoms with Crippen LogP contribution in [0.3, 0.4) is 0 Å². The molecular weight excluding hydrogens is 685 g/mol. The molecule has 0 unspecified atom stereocenters. The molecule has 0 saturated carbocycles. The molecule has 3 aromatic rings. The van der Waals surface area contributed by atoms with E-state index in [0.717, 1.165) is 34.0 Å². The highest BCUT2D eigenvalue weighted by Crippen LogP contribution is 2.56. The minimum atomic E-state index is -1.23. The molecule has 1 atom stereocenters. The minimum absolute atomic E-state index is 0.0546. The first-order valence-corrected chi connectivity index (χ1v) is 17.1. The van der Waals surface area contributed by atoms with Gasteiger partial charge in [0.15, 0.2) is 0 Å². The normalized spacial score (nSPS) is 17.2. The van der Waals surface area contributed by atoms with E-state index in [2.05, 4.69) is 0 Å². The Labute approximate surface area is 296 Å². The predicted octanol–water partition coefficient (Wildman–Crippen LogP) is 5.80. The third-order valence-corrected chi connectivity index (χ3v) is 11.8. The van der Waals surface area contributed by atoms with E-state index in [4.69, 9.17) is 26.4 Å². The summed E-state index contributed by atoms with van der Waals surface area (Å²) in [6.45, 7) is 3.56. The van der Waals surface area contributed by atoms with Crippen molar-refractivity contribution in [1.82, 2.24) is 4.90 Å². The number of amides is 3. The van der Waals surface area contributed by atoms with E-state index >= 15 is 4.79 Å². The van der Waals surface area contributed by atoms with Gasteiger partial charge in [0.25, 0.3) is 17.7 Å². The summed E-state index contributed by atoms with van der Waals surface area (Å²) in [5.41, 5.74) is 1.47. The molecule has 0 aliphatic carbocycles. The van der Waals surface area contributed by atoms with Crippen LogP contribution in [0.1, 0.15) is 45.7 Å². The molecule has 3 aromatic carbocycles. The molecule has 0 aromatic heterocycles. The first-order valence-electron chi connectivity index (χ1n) is 15.0. The first-order chi connectivity index (χ1) is 23.4. The van der Waals surface area contributed by atoms with Gasteiger partial charge in [-0.05, 0) is 49.7 Å². The molecule has 0 radical (unpaired) electrons. The number of hydrogen-bond donors (Lipinski definition) is 0. The van der Waals surface area contributed by atoms with Crippen LogP contribution in [0.5, 0.6) is 5.75 Å². The number of methoxy groups -OCH3 is 3. The van der Waals surface area contributed by atoms with Crippen molar-refractivity contribution in [3.05, 3.63) is 109 Å². The van der Waals surface area contributed by atoms with Crippen LogP contribution in [0.2, 0.25) is 0 Å². The molecule has 0 fully saturated rings. The fourth-order valence-corrected chi connectivity index (χ4v) is 9.12. The van der Waals surface area contributed by atoms with Crippen LogP contribution in [0.4, 0.5) is 5.69 Å². The first kappa shape index (κ1) is 34.2. The monoisotopic (exact) mass is 714 g/mol. The van der Waals surface area contributed by atoms with Crippen LogP contribution >= 0.6 is 35.7 Å². The van der Waals surface area contributed by atoms with Gasteiger partial charge in [0.1, 0.15) is 21.6 Å². The molecule has 0 saturated heterocycles. The summed E-state index contributed by atoms with van der Waals surface area (Å²) in [7, 11) is 3.95. The van der Waals surface area contributed by atoms with E-state index in [1.165, 1.54) is 26.2 Å². The number of carbonyl (C=O) groups is 5. The number of imide groups is 1. The molecule has 6 rings (SSSR count). The minimum Gasteiger partial charge on any atom is -0.497 e. The Morgan fingerprint density at radius 2 is 1.35 bits per heavy atom. The van der Waals surface area contributed by atoms with E-state index in [1.54, 1.807) is 56.3 Å². The largest absolute Gasteiger partial charge is 0.497 e. The van der Waals surface area contributed by atoms with Gasteiger partial charge in [-0.15, -0.1) is 0 Å². The second-order valence-corrected chi connectivity index (χ2v) is 14.4. The number of thiocarbonyl (C=S) groups is 1. The van der Waals surface area contributed by atoms with Crippen LogP contribution < -0.4 is 9.64 Å². The topological polar surface area (TPSA) is 120 Å². The van der Waals surface area contributed by atoms with Crippen molar-refractivity contribution in [3.63, 3.8) is 0 Å². The Kier molecular flexibility index (Phi) is 9.27. The Bertz CT molecular complexity index is 1960. The van der Waals surface area contributed by atoms with Crippen LogP contribution in [0.25, 0.3) is 5.57 Å².